The number of hydrogen-bond donors (Lipinski definition) is 0. The molecular formula is C15H18ClNO3. The van der Waals surface area contributed by atoms with Crippen molar-refractivity contribution in [2.45, 2.75) is 25.4 Å². The minimum absolute atomic E-state index is 0.145. The van der Waals surface area contributed by atoms with Gasteiger partial charge >= 0.3 is 5.97 Å². The van der Waals surface area contributed by atoms with E-state index in [2.05, 4.69) is 4.90 Å². The number of hydrogen-bond acceptors (Lipinski definition) is 4. The largest absolute Gasteiger partial charge is 0.493 e. The summed E-state index contributed by atoms with van der Waals surface area (Å²) in [7, 11) is 1.97. The number of ether oxygens (including phenoxy) is 2. The number of carbonyl (C=O) groups is 1. The van der Waals surface area contributed by atoms with Crippen LogP contribution in [0.3, 0.4) is 0 Å². The second kappa shape index (κ2) is 5.26. The minimum Gasteiger partial charge on any atom is -0.493 e. The van der Waals surface area contributed by atoms with Crippen LogP contribution < -0.4 is 4.74 Å². The molecule has 1 aromatic carbocycles. The molecule has 1 aromatic rings. The first-order valence-corrected chi connectivity index (χ1v) is 7.30. The molecule has 0 aliphatic carbocycles. The van der Waals surface area contributed by atoms with Gasteiger partial charge in [-0.1, -0.05) is 11.6 Å². The second-order valence-electron chi connectivity index (χ2n) is 5.37. The van der Waals surface area contributed by atoms with E-state index in [-0.39, 0.29) is 18.1 Å². The summed E-state index contributed by atoms with van der Waals surface area (Å²) in [6, 6.07) is 5.65. The molecule has 0 bridgehead atoms. The Labute approximate surface area is 123 Å². The van der Waals surface area contributed by atoms with Gasteiger partial charge < -0.3 is 9.47 Å². The van der Waals surface area contributed by atoms with E-state index in [9.17, 15) is 4.79 Å². The molecule has 0 radical (unpaired) electrons. The van der Waals surface area contributed by atoms with Crippen molar-refractivity contribution in [1.29, 1.82) is 0 Å². The third-order valence-electron chi connectivity index (χ3n) is 4.20. The Bertz CT molecular complexity index is 534. The molecule has 3 atom stereocenters. The monoisotopic (exact) mass is 295 g/mol. The molecule has 0 spiro atoms. The van der Waals surface area contributed by atoms with Crippen LogP contribution in [0.15, 0.2) is 18.2 Å². The van der Waals surface area contributed by atoms with Gasteiger partial charge in [-0.2, -0.15) is 0 Å². The van der Waals surface area contributed by atoms with E-state index in [0.717, 1.165) is 17.7 Å². The number of rotatable bonds is 2. The van der Waals surface area contributed by atoms with Gasteiger partial charge in [-0.05, 0) is 38.6 Å². The SMILES string of the molecule is CCOC(=O)[C@H]1C[C@@H]2COc3ccc(Cl)cc3[C@@H]2N1C. The van der Waals surface area contributed by atoms with Crippen molar-refractivity contribution in [1.82, 2.24) is 4.90 Å². The van der Waals surface area contributed by atoms with Crippen LogP contribution in [0.1, 0.15) is 24.9 Å². The van der Waals surface area contributed by atoms with Gasteiger partial charge in [0.15, 0.2) is 0 Å². The maximum absolute atomic E-state index is 12.0. The predicted octanol–water partition coefficient (Wildman–Crippen LogP) is 2.66. The van der Waals surface area contributed by atoms with Gasteiger partial charge in [0.2, 0.25) is 0 Å². The number of carbonyl (C=O) groups excluding carboxylic acids is 1. The summed E-state index contributed by atoms with van der Waals surface area (Å²) >= 11 is 6.10. The normalized spacial score (nSPS) is 28.4. The molecule has 4 nitrogen and oxygen atoms in total. The quantitative estimate of drug-likeness (QED) is 0.786. The van der Waals surface area contributed by atoms with E-state index < -0.39 is 0 Å². The maximum atomic E-state index is 12.0. The number of benzene rings is 1. The lowest BCUT2D eigenvalue weighted by Crippen LogP contribution is -2.36. The fourth-order valence-electron chi connectivity index (χ4n) is 3.32. The lowest BCUT2D eigenvalue weighted by molar-refractivity contribution is -0.148. The molecule has 1 fully saturated rings. The van der Waals surface area contributed by atoms with Crippen LogP contribution in [-0.2, 0) is 9.53 Å². The number of esters is 1. The summed E-state index contributed by atoms with van der Waals surface area (Å²) in [6.07, 6.45) is 0.770. The summed E-state index contributed by atoms with van der Waals surface area (Å²) in [6.45, 7) is 2.88. The zero-order valence-corrected chi connectivity index (χ0v) is 12.4. The Morgan fingerprint density at radius 3 is 3.10 bits per heavy atom. The predicted molar refractivity (Wildman–Crippen MR) is 76.0 cm³/mol. The van der Waals surface area contributed by atoms with Crippen molar-refractivity contribution >= 4 is 17.6 Å². The van der Waals surface area contributed by atoms with Crippen LogP contribution in [0.4, 0.5) is 0 Å². The van der Waals surface area contributed by atoms with Crippen molar-refractivity contribution in [3.8, 4) is 5.75 Å². The highest BCUT2D eigenvalue weighted by Crippen LogP contribution is 2.47. The minimum atomic E-state index is -0.196. The number of likely N-dealkylation sites (N-methyl/N-ethyl adjacent to an activating group) is 1. The molecule has 0 amide bonds. The zero-order chi connectivity index (χ0) is 14.3. The Kier molecular flexibility index (Phi) is 3.61. The average Bonchev–Trinajstić information content (AvgIpc) is 2.77. The number of fused-ring (bicyclic) bond motifs is 3. The lowest BCUT2D eigenvalue weighted by Gasteiger charge is -2.32. The van der Waals surface area contributed by atoms with Crippen molar-refractivity contribution in [2.75, 3.05) is 20.3 Å². The molecular weight excluding hydrogens is 278 g/mol. The Morgan fingerprint density at radius 2 is 2.35 bits per heavy atom. The Hall–Kier alpha value is -1.26. The smallest absolute Gasteiger partial charge is 0.323 e. The number of nitrogens with zero attached hydrogens (tertiary/aromatic N) is 1. The molecule has 0 unspecified atom stereocenters. The van der Waals surface area contributed by atoms with Gasteiger partial charge in [0.05, 0.1) is 13.2 Å². The molecule has 0 saturated carbocycles. The van der Waals surface area contributed by atoms with Crippen LogP contribution in [0.5, 0.6) is 5.75 Å². The van der Waals surface area contributed by atoms with Crippen LogP contribution in [0, 0.1) is 5.92 Å². The third-order valence-corrected chi connectivity index (χ3v) is 4.44. The van der Waals surface area contributed by atoms with Crippen molar-refractivity contribution in [3.05, 3.63) is 28.8 Å². The summed E-state index contributed by atoms with van der Waals surface area (Å²) in [5, 5.41) is 0.695. The van der Waals surface area contributed by atoms with Crippen LogP contribution in [0.25, 0.3) is 0 Å². The summed E-state index contributed by atoms with van der Waals surface area (Å²) in [5.74, 6) is 1.03. The van der Waals surface area contributed by atoms with E-state index in [1.54, 1.807) is 0 Å². The van der Waals surface area contributed by atoms with Gasteiger partial charge in [0.1, 0.15) is 11.8 Å². The van der Waals surface area contributed by atoms with E-state index in [1.807, 2.05) is 32.2 Å². The molecule has 2 aliphatic heterocycles. The third kappa shape index (κ3) is 2.17. The molecule has 0 N–H and O–H groups in total. The van der Waals surface area contributed by atoms with Gasteiger partial charge in [0, 0.05) is 22.5 Å². The average molecular weight is 296 g/mol. The van der Waals surface area contributed by atoms with E-state index in [0.29, 0.717) is 24.2 Å². The fraction of sp³-hybridized carbons (Fsp3) is 0.533. The summed E-state index contributed by atoms with van der Waals surface area (Å²) in [4.78, 5) is 14.1. The van der Waals surface area contributed by atoms with Crippen LogP contribution in [-0.4, -0.2) is 37.2 Å². The van der Waals surface area contributed by atoms with Crippen molar-refractivity contribution in [3.63, 3.8) is 0 Å². The van der Waals surface area contributed by atoms with Gasteiger partial charge in [-0.15, -0.1) is 0 Å². The molecule has 2 heterocycles. The Balaban J connectivity index is 1.91. The number of halogens is 1. The first-order chi connectivity index (χ1) is 9.61. The van der Waals surface area contributed by atoms with E-state index in [1.165, 1.54) is 0 Å². The zero-order valence-electron chi connectivity index (χ0n) is 11.6. The first kappa shape index (κ1) is 13.7. The molecule has 1 saturated heterocycles. The molecule has 5 heteroatoms. The van der Waals surface area contributed by atoms with Crippen molar-refractivity contribution in [2.24, 2.45) is 5.92 Å². The van der Waals surface area contributed by atoms with Crippen LogP contribution >= 0.6 is 11.6 Å². The summed E-state index contributed by atoms with van der Waals surface area (Å²) in [5.41, 5.74) is 1.07. The lowest BCUT2D eigenvalue weighted by atomic mass is 9.91. The Morgan fingerprint density at radius 1 is 1.55 bits per heavy atom. The molecule has 3 rings (SSSR count). The second-order valence-corrected chi connectivity index (χ2v) is 5.80. The standard InChI is InChI=1S/C15H18ClNO3/c1-3-19-15(18)12-6-9-8-20-13-5-4-10(16)7-11(13)14(9)17(12)2/h4-5,7,9,12,14H,3,6,8H2,1-2H3/t9-,12-,14-/m1/s1. The topological polar surface area (TPSA) is 38.8 Å². The molecule has 108 valence electrons. The highest BCUT2D eigenvalue weighted by Gasteiger charge is 2.46. The molecule has 0 aromatic heterocycles. The molecule has 2 aliphatic rings. The summed E-state index contributed by atoms with van der Waals surface area (Å²) < 4.78 is 11.0. The van der Waals surface area contributed by atoms with E-state index in [4.69, 9.17) is 21.1 Å². The van der Waals surface area contributed by atoms with Crippen molar-refractivity contribution < 1.29 is 14.3 Å². The van der Waals surface area contributed by atoms with Gasteiger partial charge in [-0.3, -0.25) is 9.69 Å². The van der Waals surface area contributed by atoms with Gasteiger partial charge in [0.25, 0.3) is 0 Å². The van der Waals surface area contributed by atoms with E-state index >= 15 is 0 Å². The first-order valence-electron chi connectivity index (χ1n) is 6.92. The highest BCUT2D eigenvalue weighted by molar-refractivity contribution is 6.30. The molecule has 20 heavy (non-hydrogen) atoms. The maximum Gasteiger partial charge on any atom is 0.323 e. The highest BCUT2D eigenvalue weighted by atomic mass is 35.5. The number of likely N-dealkylation sites (tertiary alicyclic amines) is 1. The van der Waals surface area contributed by atoms with Gasteiger partial charge in [-0.25, -0.2) is 0 Å². The fourth-order valence-corrected chi connectivity index (χ4v) is 3.50. The van der Waals surface area contributed by atoms with Crippen LogP contribution in [0.2, 0.25) is 5.02 Å².